The smallest absolute Gasteiger partial charge is 0.131 e. The van der Waals surface area contributed by atoms with Crippen LogP contribution in [0.15, 0.2) is 66.7 Å². The monoisotopic (exact) mass is 432 g/mol. The molecule has 0 heterocycles. The lowest BCUT2D eigenvalue weighted by molar-refractivity contribution is 0.459. The third-order valence-electron chi connectivity index (χ3n) is 5.49. The fraction of sp³-hybridized carbons (Fsp3) is 0.357. The Morgan fingerprint density at radius 2 is 0.969 bits per heavy atom. The Morgan fingerprint density at radius 3 is 1.44 bits per heavy atom. The van der Waals surface area contributed by atoms with E-state index in [0.717, 1.165) is 29.4 Å². The maximum absolute atomic E-state index is 6.10. The summed E-state index contributed by atoms with van der Waals surface area (Å²) in [6, 6.07) is 21.0. The Bertz CT molecular complexity index is 871. The molecule has 0 aliphatic rings. The third-order valence-corrected chi connectivity index (χ3v) is 5.49. The van der Waals surface area contributed by atoms with Crippen LogP contribution in [0.1, 0.15) is 63.9 Å². The molecule has 0 aliphatic carbocycles. The maximum atomic E-state index is 6.10. The number of benzene rings is 3. The van der Waals surface area contributed by atoms with Gasteiger partial charge in [-0.15, -0.1) is 0 Å². The number of nitrogen functional groups attached to an aromatic ring is 2. The van der Waals surface area contributed by atoms with E-state index in [-0.39, 0.29) is 0 Å². The first-order valence-electron chi connectivity index (χ1n) is 11.8. The Balaban J connectivity index is 1.64. The number of anilines is 2. The molecule has 3 aromatic carbocycles. The molecule has 0 amide bonds. The van der Waals surface area contributed by atoms with Crippen LogP contribution in [0.25, 0.3) is 0 Å². The predicted molar refractivity (Wildman–Crippen MR) is 135 cm³/mol. The van der Waals surface area contributed by atoms with Crippen molar-refractivity contribution in [1.29, 1.82) is 0 Å². The topological polar surface area (TPSA) is 70.5 Å². The molecule has 0 aromatic heterocycles. The van der Waals surface area contributed by atoms with Gasteiger partial charge in [0, 0.05) is 17.4 Å². The van der Waals surface area contributed by atoms with E-state index < -0.39 is 0 Å². The van der Waals surface area contributed by atoms with Crippen molar-refractivity contribution in [2.45, 2.75) is 64.7 Å². The van der Waals surface area contributed by atoms with Gasteiger partial charge in [0.25, 0.3) is 0 Å². The lowest BCUT2D eigenvalue weighted by Crippen LogP contribution is -1.93. The Morgan fingerprint density at radius 1 is 0.531 bits per heavy atom. The third kappa shape index (κ3) is 8.18. The van der Waals surface area contributed by atoms with Gasteiger partial charge in [0.2, 0.25) is 0 Å². The lowest BCUT2D eigenvalue weighted by Gasteiger charge is -2.13. The van der Waals surface area contributed by atoms with Crippen LogP contribution >= 0.6 is 0 Å². The van der Waals surface area contributed by atoms with Crippen molar-refractivity contribution in [2.24, 2.45) is 0 Å². The maximum Gasteiger partial charge on any atom is 0.131 e. The van der Waals surface area contributed by atoms with Crippen LogP contribution in [0.2, 0.25) is 0 Å². The number of hydrogen-bond donors (Lipinski definition) is 2. The zero-order chi connectivity index (χ0) is 22.6. The minimum absolute atomic E-state index is 0.716. The summed E-state index contributed by atoms with van der Waals surface area (Å²) >= 11 is 0. The summed E-state index contributed by atoms with van der Waals surface area (Å²) in [5.74, 6) is 3.03. The van der Waals surface area contributed by atoms with Crippen molar-refractivity contribution in [3.63, 3.8) is 0 Å². The highest BCUT2D eigenvalue weighted by molar-refractivity contribution is 5.47. The van der Waals surface area contributed by atoms with E-state index in [0.29, 0.717) is 11.4 Å². The number of unbranched alkanes of at least 4 members (excludes halogenated alkanes) is 7. The van der Waals surface area contributed by atoms with Crippen molar-refractivity contribution in [1.82, 2.24) is 0 Å². The van der Waals surface area contributed by atoms with Crippen LogP contribution in [0.3, 0.4) is 0 Å². The highest BCUT2D eigenvalue weighted by Crippen LogP contribution is 2.31. The average Bonchev–Trinajstić information content (AvgIpc) is 2.79. The summed E-state index contributed by atoms with van der Waals surface area (Å²) in [6.45, 7) is 2.26. The fourth-order valence-electron chi connectivity index (χ4n) is 3.70. The van der Waals surface area contributed by atoms with Gasteiger partial charge in [-0.1, -0.05) is 51.9 Å². The highest BCUT2D eigenvalue weighted by Gasteiger charge is 2.07. The van der Waals surface area contributed by atoms with Gasteiger partial charge in [0.05, 0.1) is 0 Å². The van der Waals surface area contributed by atoms with Gasteiger partial charge in [0.15, 0.2) is 0 Å². The highest BCUT2D eigenvalue weighted by atomic mass is 16.5. The quantitative estimate of drug-likeness (QED) is 0.211. The number of ether oxygens (including phenoxy) is 2. The molecule has 0 atom stereocenters. The molecule has 0 radical (unpaired) electrons. The summed E-state index contributed by atoms with van der Waals surface area (Å²) in [4.78, 5) is 0. The molecule has 170 valence electrons. The number of aryl methyl sites for hydroxylation is 1. The number of nitrogens with two attached hydrogens (primary N) is 2. The van der Waals surface area contributed by atoms with Gasteiger partial charge >= 0.3 is 0 Å². The first-order chi connectivity index (χ1) is 15.6. The average molecular weight is 433 g/mol. The standard InChI is InChI=1S/C28H36N2O2/c1-2-3-4-5-6-7-8-9-10-22-19-27(31-25-15-11-23(29)12-16-25)21-28(20-22)32-26-17-13-24(30)14-18-26/h11-21H,2-10,29-30H2,1H3. The molecule has 32 heavy (non-hydrogen) atoms. The molecule has 0 bridgehead atoms. The van der Waals surface area contributed by atoms with E-state index in [1.54, 1.807) is 0 Å². The van der Waals surface area contributed by atoms with Gasteiger partial charge in [-0.2, -0.15) is 0 Å². The zero-order valence-corrected chi connectivity index (χ0v) is 19.2. The van der Waals surface area contributed by atoms with Gasteiger partial charge in [-0.3, -0.25) is 0 Å². The molecule has 0 spiro atoms. The second kappa shape index (κ2) is 12.7. The van der Waals surface area contributed by atoms with E-state index in [2.05, 4.69) is 19.1 Å². The van der Waals surface area contributed by atoms with Crippen molar-refractivity contribution >= 4 is 11.4 Å². The second-order valence-corrected chi connectivity index (χ2v) is 8.38. The van der Waals surface area contributed by atoms with E-state index in [9.17, 15) is 0 Å². The SMILES string of the molecule is CCCCCCCCCCc1cc(Oc2ccc(N)cc2)cc(Oc2ccc(N)cc2)c1. The normalized spacial score (nSPS) is 10.8. The first-order valence-corrected chi connectivity index (χ1v) is 11.8. The van der Waals surface area contributed by atoms with Crippen molar-refractivity contribution in [3.05, 3.63) is 72.3 Å². The van der Waals surface area contributed by atoms with Crippen LogP contribution in [0, 0.1) is 0 Å². The molecule has 0 fully saturated rings. The summed E-state index contributed by atoms with van der Waals surface area (Å²) in [7, 11) is 0. The van der Waals surface area contributed by atoms with Crippen molar-refractivity contribution in [3.8, 4) is 23.0 Å². The molecule has 3 rings (SSSR count). The molecule has 0 aliphatic heterocycles. The molecule has 0 saturated carbocycles. The Kier molecular flexibility index (Phi) is 9.30. The molecular weight excluding hydrogens is 396 g/mol. The van der Waals surface area contributed by atoms with Crippen LogP contribution in [0.5, 0.6) is 23.0 Å². The van der Waals surface area contributed by atoms with Crippen LogP contribution < -0.4 is 20.9 Å². The summed E-state index contributed by atoms with van der Waals surface area (Å²) in [5, 5.41) is 0. The van der Waals surface area contributed by atoms with Gasteiger partial charge in [0.1, 0.15) is 23.0 Å². The molecule has 4 N–H and O–H groups in total. The fourth-order valence-corrected chi connectivity index (χ4v) is 3.70. The molecule has 0 saturated heterocycles. The summed E-state index contributed by atoms with van der Waals surface area (Å²) in [5.41, 5.74) is 14.2. The first kappa shape index (κ1) is 23.5. The van der Waals surface area contributed by atoms with E-state index in [4.69, 9.17) is 20.9 Å². The van der Waals surface area contributed by atoms with Gasteiger partial charge in [-0.25, -0.2) is 0 Å². The minimum Gasteiger partial charge on any atom is -0.457 e. The van der Waals surface area contributed by atoms with Crippen LogP contribution in [-0.4, -0.2) is 0 Å². The van der Waals surface area contributed by atoms with E-state index in [1.165, 1.54) is 56.9 Å². The molecule has 4 nitrogen and oxygen atoms in total. The van der Waals surface area contributed by atoms with Gasteiger partial charge < -0.3 is 20.9 Å². The number of rotatable bonds is 13. The van der Waals surface area contributed by atoms with Gasteiger partial charge in [-0.05, 0) is 79.1 Å². The largest absolute Gasteiger partial charge is 0.457 e. The van der Waals surface area contributed by atoms with Crippen LogP contribution in [0.4, 0.5) is 11.4 Å². The molecule has 0 unspecified atom stereocenters. The lowest BCUT2D eigenvalue weighted by atomic mass is 10.0. The van der Waals surface area contributed by atoms with Crippen molar-refractivity contribution in [2.75, 3.05) is 11.5 Å². The minimum atomic E-state index is 0.716. The van der Waals surface area contributed by atoms with E-state index in [1.807, 2.05) is 54.6 Å². The Hall–Kier alpha value is -3.14. The van der Waals surface area contributed by atoms with Crippen molar-refractivity contribution < 1.29 is 9.47 Å². The Labute approximate surface area is 192 Å². The predicted octanol–water partition coefficient (Wildman–Crippen LogP) is 8.12. The van der Waals surface area contributed by atoms with Crippen LogP contribution in [-0.2, 0) is 6.42 Å². The molecule has 4 heteroatoms. The summed E-state index contributed by atoms with van der Waals surface area (Å²) in [6.07, 6.45) is 11.5. The second-order valence-electron chi connectivity index (χ2n) is 8.38. The molecular formula is C28H36N2O2. The number of hydrogen-bond acceptors (Lipinski definition) is 4. The summed E-state index contributed by atoms with van der Waals surface area (Å²) < 4.78 is 12.2. The van der Waals surface area contributed by atoms with E-state index >= 15 is 0 Å². The zero-order valence-electron chi connectivity index (χ0n) is 19.2. The molecule has 3 aromatic rings.